The van der Waals surface area contributed by atoms with Crippen molar-refractivity contribution in [3.05, 3.63) is 178 Å². The summed E-state index contributed by atoms with van der Waals surface area (Å²) in [4.78, 5) is 0. The van der Waals surface area contributed by atoms with Gasteiger partial charge in [0.1, 0.15) is 0 Å². The number of hydrogen-bond acceptors (Lipinski definition) is 0. The number of rotatable bonds is 2. The summed E-state index contributed by atoms with van der Waals surface area (Å²) in [6.07, 6.45) is -3.24. The molecule has 1 saturated carbocycles. The summed E-state index contributed by atoms with van der Waals surface area (Å²) in [7, 11) is 0. The second kappa shape index (κ2) is 13.0. The molecule has 1 fully saturated rings. The summed E-state index contributed by atoms with van der Waals surface area (Å²) in [6, 6.07) is 42.2. The van der Waals surface area contributed by atoms with E-state index in [9.17, 15) is 26.3 Å². The van der Waals surface area contributed by atoms with Crippen molar-refractivity contribution in [2.24, 2.45) is 0 Å². The van der Waals surface area contributed by atoms with Crippen LogP contribution in [0.3, 0.4) is 0 Å². The minimum absolute atomic E-state index is 0.168. The first-order valence-electron chi connectivity index (χ1n) is 22.4. The van der Waals surface area contributed by atoms with Crippen LogP contribution in [0.25, 0.3) is 77.2 Å². The van der Waals surface area contributed by atoms with Gasteiger partial charge in [0.05, 0.1) is 11.1 Å². The topological polar surface area (TPSA) is 0 Å². The zero-order chi connectivity index (χ0) is 44.3. The lowest BCUT2D eigenvalue weighted by Crippen LogP contribution is -2.28. The van der Waals surface area contributed by atoms with Gasteiger partial charge in [-0.2, -0.15) is 26.3 Å². The summed E-state index contributed by atoms with van der Waals surface area (Å²) in [5, 5.41) is 4.25. The van der Waals surface area contributed by atoms with Crippen molar-refractivity contribution < 1.29 is 26.3 Å². The SMILES string of the molecule is CC1(C)c2cc3c(cc2-c2c1cc(-c1ccc(C(F)(F)F)cc1)c1ccccc21)C1(CCCCC1)c1cc2c(cc1-3)C(C)(C)c1cc(-c3ccc(C(F)(F)F)cc3)c3ccccc3c1-2. The minimum atomic E-state index is -4.41. The molecule has 1 spiro atoms. The molecule has 4 aliphatic rings. The maximum absolute atomic E-state index is 13.6. The van der Waals surface area contributed by atoms with Crippen molar-refractivity contribution in [3.63, 3.8) is 0 Å². The van der Waals surface area contributed by atoms with Gasteiger partial charge >= 0.3 is 12.4 Å². The third-order valence-corrected chi connectivity index (χ3v) is 15.7. The average Bonchev–Trinajstić information content (AvgIpc) is 3.76. The molecule has 8 aromatic carbocycles. The molecule has 6 heteroatoms. The summed E-state index contributed by atoms with van der Waals surface area (Å²) in [5.41, 5.74) is 16.2. The van der Waals surface area contributed by atoms with Gasteiger partial charge in [0, 0.05) is 16.2 Å². The quantitative estimate of drug-likeness (QED) is 0.152. The molecular formula is C58H44F6. The molecule has 0 aromatic heterocycles. The highest BCUT2D eigenvalue weighted by Gasteiger charge is 2.49. The number of halogens is 6. The highest BCUT2D eigenvalue weighted by atomic mass is 19.4. The monoisotopic (exact) mass is 854 g/mol. The van der Waals surface area contributed by atoms with Gasteiger partial charge in [0.2, 0.25) is 0 Å². The second-order valence-electron chi connectivity index (χ2n) is 19.7. The Kier molecular flexibility index (Phi) is 8.01. The smallest absolute Gasteiger partial charge is 0.166 e. The molecule has 0 unspecified atom stereocenters. The highest BCUT2D eigenvalue weighted by Crippen LogP contribution is 2.64. The molecular weight excluding hydrogens is 811 g/mol. The Morgan fingerprint density at radius 3 is 1.08 bits per heavy atom. The van der Waals surface area contributed by atoms with Gasteiger partial charge in [-0.25, -0.2) is 0 Å². The van der Waals surface area contributed by atoms with E-state index in [1.165, 1.54) is 97.4 Å². The van der Waals surface area contributed by atoms with E-state index in [0.29, 0.717) is 0 Å². The Balaban J connectivity index is 1.05. The van der Waals surface area contributed by atoms with Crippen molar-refractivity contribution in [3.8, 4) is 55.6 Å². The Hall–Kier alpha value is -6.14. The number of hydrogen-bond donors (Lipinski definition) is 0. The van der Waals surface area contributed by atoms with Crippen LogP contribution in [0.2, 0.25) is 0 Å². The second-order valence-corrected chi connectivity index (χ2v) is 19.7. The zero-order valence-electron chi connectivity index (χ0n) is 36.0. The van der Waals surface area contributed by atoms with Gasteiger partial charge in [-0.3, -0.25) is 0 Å². The molecule has 0 heterocycles. The van der Waals surface area contributed by atoms with E-state index in [-0.39, 0.29) is 5.41 Å². The predicted octanol–water partition coefficient (Wildman–Crippen LogP) is 17.2. The van der Waals surface area contributed by atoms with Crippen LogP contribution < -0.4 is 0 Å². The summed E-state index contributed by atoms with van der Waals surface area (Å²) >= 11 is 0. The lowest BCUT2D eigenvalue weighted by Gasteiger charge is -2.36. The zero-order valence-corrected chi connectivity index (χ0v) is 36.0. The lowest BCUT2D eigenvalue weighted by molar-refractivity contribution is -0.138. The molecule has 0 aliphatic heterocycles. The van der Waals surface area contributed by atoms with Crippen LogP contribution in [-0.4, -0.2) is 0 Å². The Labute approximate surface area is 368 Å². The largest absolute Gasteiger partial charge is 0.416 e. The molecule has 0 bridgehead atoms. The Morgan fingerprint density at radius 2 is 0.703 bits per heavy atom. The Morgan fingerprint density at radius 1 is 0.359 bits per heavy atom. The highest BCUT2D eigenvalue weighted by molar-refractivity contribution is 6.11. The molecule has 8 aromatic rings. The summed E-state index contributed by atoms with van der Waals surface area (Å²) in [6.45, 7) is 9.12. The van der Waals surface area contributed by atoms with E-state index in [0.717, 1.165) is 69.5 Å². The molecule has 0 saturated heterocycles. The molecule has 0 N–H and O–H groups in total. The first-order chi connectivity index (χ1) is 30.5. The van der Waals surface area contributed by atoms with Crippen LogP contribution in [0.1, 0.15) is 104 Å². The number of alkyl halides is 6. The van der Waals surface area contributed by atoms with Crippen molar-refractivity contribution in [2.45, 2.75) is 88.4 Å². The van der Waals surface area contributed by atoms with Crippen molar-refractivity contribution in [1.29, 1.82) is 0 Å². The van der Waals surface area contributed by atoms with Crippen LogP contribution in [0.5, 0.6) is 0 Å². The molecule has 0 atom stereocenters. The molecule has 12 rings (SSSR count). The molecule has 0 nitrogen and oxygen atoms in total. The van der Waals surface area contributed by atoms with Gasteiger partial charge in [-0.15, -0.1) is 0 Å². The molecule has 4 aliphatic carbocycles. The summed E-state index contributed by atoms with van der Waals surface area (Å²) in [5.74, 6) is 0. The fraction of sp³-hybridized carbons (Fsp3) is 0.241. The fourth-order valence-electron chi connectivity index (χ4n) is 12.5. The van der Waals surface area contributed by atoms with Gasteiger partial charge in [0.15, 0.2) is 0 Å². The summed E-state index contributed by atoms with van der Waals surface area (Å²) < 4.78 is 81.8. The van der Waals surface area contributed by atoms with Crippen molar-refractivity contribution in [1.82, 2.24) is 0 Å². The van der Waals surface area contributed by atoms with E-state index < -0.39 is 34.3 Å². The standard InChI is InChI=1S/C58H44F6/c1-54(2)46-28-42-43-29-47-45(53-39-15-9-7-13-37(39)41(27-51(53)55(47,3)4)33-18-22-35(23-19-33)58(62,63)64)31-49(43)56(24-10-5-11-25-56)48(42)30-44(46)52-38-14-8-6-12-36(38)40(26-50(52)54)32-16-20-34(21-17-32)57(59,60)61/h6-9,12-23,26-31H,5,10-11,24-25H2,1-4H3. The maximum atomic E-state index is 13.6. The van der Waals surface area contributed by atoms with Crippen LogP contribution in [0, 0.1) is 0 Å². The molecule has 318 valence electrons. The lowest BCUT2D eigenvalue weighted by atomic mass is 9.67. The van der Waals surface area contributed by atoms with Crippen LogP contribution in [0.4, 0.5) is 26.3 Å². The third-order valence-electron chi connectivity index (χ3n) is 15.7. The van der Waals surface area contributed by atoms with E-state index >= 15 is 0 Å². The molecule has 64 heavy (non-hydrogen) atoms. The van der Waals surface area contributed by atoms with Crippen LogP contribution in [-0.2, 0) is 28.6 Å². The number of benzene rings is 8. The van der Waals surface area contributed by atoms with E-state index in [1.807, 2.05) is 12.1 Å². The average molecular weight is 855 g/mol. The minimum Gasteiger partial charge on any atom is -0.166 e. The predicted molar refractivity (Wildman–Crippen MR) is 247 cm³/mol. The first kappa shape index (κ1) is 39.5. The van der Waals surface area contributed by atoms with Gasteiger partial charge in [-0.05, 0) is 184 Å². The van der Waals surface area contributed by atoms with E-state index in [2.05, 4.69) is 100 Å². The third kappa shape index (κ3) is 5.31. The normalized spacial score (nSPS) is 17.3. The molecule has 0 radical (unpaired) electrons. The van der Waals surface area contributed by atoms with Gasteiger partial charge < -0.3 is 0 Å². The van der Waals surface area contributed by atoms with Gasteiger partial charge in [-0.1, -0.05) is 120 Å². The molecule has 0 amide bonds. The van der Waals surface area contributed by atoms with Crippen molar-refractivity contribution in [2.75, 3.05) is 0 Å². The van der Waals surface area contributed by atoms with Crippen molar-refractivity contribution >= 4 is 21.5 Å². The fourth-order valence-corrected chi connectivity index (χ4v) is 12.5. The first-order valence-corrected chi connectivity index (χ1v) is 22.4. The van der Waals surface area contributed by atoms with Gasteiger partial charge in [0.25, 0.3) is 0 Å². The van der Waals surface area contributed by atoms with E-state index in [1.54, 1.807) is 24.3 Å². The maximum Gasteiger partial charge on any atom is 0.416 e. The Bertz CT molecular complexity index is 3080. The van der Waals surface area contributed by atoms with Crippen LogP contribution in [0.15, 0.2) is 133 Å². The number of fused-ring (bicyclic) bond motifs is 15. The van der Waals surface area contributed by atoms with E-state index in [4.69, 9.17) is 0 Å². The van der Waals surface area contributed by atoms with Crippen LogP contribution >= 0.6 is 0 Å².